The van der Waals surface area contributed by atoms with E-state index in [0.29, 0.717) is 16.8 Å². The van der Waals surface area contributed by atoms with Crippen LogP contribution in [0.3, 0.4) is 0 Å². The summed E-state index contributed by atoms with van der Waals surface area (Å²) < 4.78 is 5.36. The number of non-ortho nitro benzene ring substituents is 1. The quantitative estimate of drug-likeness (QED) is 0.632. The van der Waals surface area contributed by atoms with Crippen molar-refractivity contribution < 1.29 is 24.4 Å². The standard InChI is InChI=1S/C19H19N3O6/c1-19(2,3)28-18(25)21-9-12-8-14(17(23)24)16(20-15(12)10-21)11-4-6-13(7-5-11)22(26)27/h4-8H,9-10H2,1-3H3,(H,23,24). The smallest absolute Gasteiger partial charge is 0.410 e. The maximum absolute atomic E-state index is 12.3. The summed E-state index contributed by atoms with van der Waals surface area (Å²) in [5, 5.41) is 20.4. The number of benzene rings is 1. The lowest BCUT2D eigenvalue weighted by Crippen LogP contribution is -2.33. The molecule has 0 saturated heterocycles. The van der Waals surface area contributed by atoms with Gasteiger partial charge in [-0.15, -0.1) is 0 Å². The molecular weight excluding hydrogens is 366 g/mol. The summed E-state index contributed by atoms with van der Waals surface area (Å²) in [6.45, 7) is 5.70. The number of amides is 1. The number of hydrogen-bond acceptors (Lipinski definition) is 6. The summed E-state index contributed by atoms with van der Waals surface area (Å²) in [5.74, 6) is -1.17. The number of carbonyl (C=O) groups excluding carboxylic acids is 1. The number of carbonyl (C=O) groups is 2. The van der Waals surface area contributed by atoms with Crippen LogP contribution in [-0.2, 0) is 17.8 Å². The normalized spacial score (nSPS) is 13.2. The number of ether oxygens (including phenoxy) is 1. The summed E-state index contributed by atoms with van der Waals surface area (Å²) >= 11 is 0. The first-order valence-electron chi connectivity index (χ1n) is 8.54. The Morgan fingerprint density at radius 1 is 1.21 bits per heavy atom. The molecule has 1 aliphatic rings. The third-order valence-electron chi connectivity index (χ3n) is 4.13. The SMILES string of the molecule is CC(C)(C)OC(=O)N1Cc2cc(C(=O)O)c(-c3ccc([N+](=O)[O-])cc3)nc2C1. The summed E-state index contributed by atoms with van der Waals surface area (Å²) in [6, 6.07) is 7.00. The highest BCUT2D eigenvalue weighted by molar-refractivity contribution is 5.95. The van der Waals surface area contributed by atoms with E-state index >= 15 is 0 Å². The van der Waals surface area contributed by atoms with E-state index in [4.69, 9.17) is 4.74 Å². The molecule has 28 heavy (non-hydrogen) atoms. The maximum atomic E-state index is 12.3. The molecule has 146 valence electrons. The molecule has 0 fully saturated rings. The number of fused-ring (bicyclic) bond motifs is 1. The molecule has 0 spiro atoms. The van der Waals surface area contributed by atoms with Crippen LogP contribution < -0.4 is 0 Å². The van der Waals surface area contributed by atoms with Crippen LogP contribution in [0.2, 0.25) is 0 Å². The molecule has 0 aliphatic carbocycles. The van der Waals surface area contributed by atoms with Crippen LogP contribution in [0.1, 0.15) is 42.4 Å². The molecule has 1 aromatic carbocycles. The van der Waals surface area contributed by atoms with Gasteiger partial charge in [0.2, 0.25) is 0 Å². The molecule has 1 N–H and O–H groups in total. The van der Waals surface area contributed by atoms with E-state index < -0.39 is 22.6 Å². The Labute approximate surface area is 160 Å². The zero-order valence-corrected chi connectivity index (χ0v) is 15.6. The number of carboxylic acids is 1. The third kappa shape index (κ3) is 3.93. The molecular formula is C19H19N3O6. The maximum Gasteiger partial charge on any atom is 0.410 e. The average molecular weight is 385 g/mol. The van der Waals surface area contributed by atoms with E-state index in [2.05, 4.69) is 4.98 Å². The van der Waals surface area contributed by atoms with Crippen molar-refractivity contribution in [3.05, 3.63) is 57.3 Å². The Kier molecular flexibility index (Phi) is 4.76. The second kappa shape index (κ2) is 6.91. The number of nitro benzene ring substituents is 1. The number of rotatable bonds is 3. The fourth-order valence-electron chi connectivity index (χ4n) is 2.89. The molecule has 0 atom stereocenters. The molecule has 3 rings (SSSR count). The van der Waals surface area contributed by atoms with Gasteiger partial charge in [-0.1, -0.05) is 0 Å². The minimum atomic E-state index is -1.17. The Morgan fingerprint density at radius 2 is 1.86 bits per heavy atom. The highest BCUT2D eigenvalue weighted by atomic mass is 16.6. The van der Waals surface area contributed by atoms with Crippen LogP contribution in [-0.4, -0.2) is 37.6 Å². The number of pyridine rings is 1. The van der Waals surface area contributed by atoms with Crippen LogP contribution in [0, 0.1) is 10.1 Å². The van der Waals surface area contributed by atoms with Gasteiger partial charge in [-0.05, 0) is 44.5 Å². The van der Waals surface area contributed by atoms with Crippen LogP contribution in [0.4, 0.5) is 10.5 Å². The first-order valence-corrected chi connectivity index (χ1v) is 8.54. The Hall–Kier alpha value is -3.49. The number of nitrogens with zero attached hydrogens (tertiary/aromatic N) is 3. The molecule has 9 heteroatoms. The summed E-state index contributed by atoms with van der Waals surface area (Å²) in [5.41, 5.74) is 1.08. The topological polar surface area (TPSA) is 123 Å². The highest BCUT2D eigenvalue weighted by Crippen LogP contribution is 2.30. The van der Waals surface area contributed by atoms with Gasteiger partial charge in [-0.2, -0.15) is 0 Å². The largest absolute Gasteiger partial charge is 0.478 e. The van der Waals surface area contributed by atoms with E-state index in [1.54, 1.807) is 20.8 Å². The molecule has 2 heterocycles. The van der Waals surface area contributed by atoms with Gasteiger partial charge in [-0.25, -0.2) is 14.6 Å². The van der Waals surface area contributed by atoms with Gasteiger partial charge in [0, 0.05) is 17.7 Å². The number of nitro groups is 1. The van der Waals surface area contributed by atoms with Crippen molar-refractivity contribution in [3.8, 4) is 11.3 Å². The van der Waals surface area contributed by atoms with Gasteiger partial charge >= 0.3 is 12.1 Å². The van der Waals surface area contributed by atoms with Crippen LogP contribution in [0.15, 0.2) is 30.3 Å². The van der Waals surface area contributed by atoms with Crippen molar-refractivity contribution in [3.63, 3.8) is 0 Å². The number of aromatic nitrogens is 1. The summed E-state index contributed by atoms with van der Waals surface area (Å²) in [4.78, 5) is 40.2. The van der Waals surface area contributed by atoms with Gasteiger partial charge < -0.3 is 9.84 Å². The molecule has 0 bridgehead atoms. The molecule has 0 radical (unpaired) electrons. The molecule has 1 aliphatic heterocycles. The fourth-order valence-corrected chi connectivity index (χ4v) is 2.89. The predicted octanol–water partition coefficient (Wildman–Crippen LogP) is 3.61. The van der Waals surface area contributed by atoms with Crippen molar-refractivity contribution in [2.75, 3.05) is 0 Å². The average Bonchev–Trinajstić information content (AvgIpc) is 3.02. The van der Waals surface area contributed by atoms with E-state index in [1.807, 2.05) is 0 Å². The van der Waals surface area contributed by atoms with E-state index in [9.17, 15) is 24.8 Å². The van der Waals surface area contributed by atoms with E-state index in [0.717, 1.165) is 0 Å². The lowest BCUT2D eigenvalue weighted by Gasteiger charge is -2.23. The van der Waals surface area contributed by atoms with Gasteiger partial charge in [0.1, 0.15) is 5.60 Å². The predicted molar refractivity (Wildman–Crippen MR) is 98.8 cm³/mol. The van der Waals surface area contributed by atoms with Crippen LogP contribution in [0.25, 0.3) is 11.3 Å². The zero-order valence-electron chi connectivity index (χ0n) is 15.6. The second-order valence-electron chi connectivity index (χ2n) is 7.44. The fraction of sp³-hybridized carbons (Fsp3) is 0.316. The van der Waals surface area contributed by atoms with Crippen LogP contribution >= 0.6 is 0 Å². The lowest BCUT2D eigenvalue weighted by atomic mass is 10.0. The minimum Gasteiger partial charge on any atom is -0.478 e. The lowest BCUT2D eigenvalue weighted by molar-refractivity contribution is -0.384. The number of carboxylic acid groups (broad SMARTS) is 1. The van der Waals surface area contributed by atoms with E-state index in [-0.39, 0.29) is 30.0 Å². The molecule has 0 saturated carbocycles. The van der Waals surface area contributed by atoms with Gasteiger partial charge in [0.15, 0.2) is 0 Å². The van der Waals surface area contributed by atoms with Gasteiger partial charge in [0.25, 0.3) is 5.69 Å². The van der Waals surface area contributed by atoms with Crippen molar-refractivity contribution in [2.45, 2.75) is 39.5 Å². The number of hydrogen-bond donors (Lipinski definition) is 1. The molecule has 9 nitrogen and oxygen atoms in total. The Bertz CT molecular complexity index is 963. The van der Waals surface area contributed by atoms with Gasteiger partial charge in [-0.3, -0.25) is 15.0 Å². The van der Waals surface area contributed by atoms with Crippen molar-refractivity contribution in [1.29, 1.82) is 0 Å². The third-order valence-corrected chi connectivity index (χ3v) is 4.13. The molecule has 1 amide bonds. The van der Waals surface area contributed by atoms with E-state index in [1.165, 1.54) is 35.2 Å². The molecule has 1 aromatic heterocycles. The Balaban J connectivity index is 1.95. The first-order chi connectivity index (χ1) is 13.0. The van der Waals surface area contributed by atoms with Crippen molar-refractivity contribution in [2.24, 2.45) is 0 Å². The highest BCUT2D eigenvalue weighted by Gasteiger charge is 2.30. The minimum absolute atomic E-state index is 0.0290. The molecule has 2 aromatic rings. The zero-order chi connectivity index (χ0) is 20.6. The summed E-state index contributed by atoms with van der Waals surface area (Å²) in [7, 11) is 0. The second-order valence-corrected chi connectivity index (χ2v) is 7.44. The van der Waals surface area contributed by atoms with Crippen LogP contribution in [0.5, 0.6) is 0 Å². The Morgan fingerprint density at radius 3 is 2.39 bits per heavy atom. The summed E-state index contributed by atoms with van der Waals surface area (Å²) in [6.07, 6.45) is -0.501. The van der Waals surface area contributed by atoms with Gasteiger partial charge in [0.05, 0.1) is 35.0 Å². The van der Waals surface area contributed by atoms with Crippen molar-refractivity contribution >= 4 is 17.7 Å². The molecule has 0 unspecified atom stereocenters. The first kappa shape index (κ1) is 19.3. The van der Waals surface area contributed by atoms with Crippen molar-refractivity contribution in [1.82, 2.24) is 9.88 Å². The number of aromatic carboxylic acids is 1. The monoisotopic (exact) mass is 385 g/mol.